The molecule has 5 nitrogen and oxygen atoms in total. The number of likely N-dealkylation sites (tertiary alicyclic amines) is 1. The molecule has 1 aromatic carbocycles. The Kier molecular flexibility index (Phi) is 5.58. The molecule has 1 aromatic rings. The maximum absolute atomic E-state index is 12.6. The molecule has 2 rings (SSSR count). The number of halogens is 1. The van der Waals surface area contributed by atoms with Crippen LogP contribution in [-0.4, -0.2) is 48.1 Å². The quantitative estimate of drug-likeness (QED) is 0.847. The van der Waals surface area contributed by atoms with E-state index in [0.29, 0.717) is 12.1 Å². The number of carbonyl (C=O) groups is 2. The first-order valence-corrected chi connectivity index (χ1v) is 8.21. The lowest BCUT2D eigenvalue weighted by Gasteiger charge is -2.17. The van der Waals surface area contributed by atoms with E-state index in [1.807, 2.05) is 19.1 Å². The van der Waals surface area contributed by atoms with Crippen molar-refractivity contribution in [3.8, 4) is 0 Å². The summed E-state index contributed by atoms with van der Waals surface area (Å²) >= 11 is 3.47. The van der Waals surface area contributed by atoms with Crippen molar-refractivity contribution in [2.45, 2.75) is 25.9 Å². The number of amides is 2. The summed E-state index contributed by atoms with van der Waals surface area (Å²) < 4.78 is 0.991. The van der Waals surface area contributed by atoms with E-state index in [9.17, 15) is 14.7 Å². The number of rotatable bonds is 4. The summed E-state index contributed by atoms with van der Waals surface area (Å²) in [7, 11) is 1.57. The van der Waals surface area contributed by atoms with Crippen LogP contribution in [0.5, 0.6) is 0 Å². The third-order valence-corrected chi connectivity index (χ3v) is 4.87. The van der Waals surface area contributed by atoms with Gasteiger partial charge in [-0.05, 0) is 30.2 Å². The van der Waals surface area contributed by atoms with E-state index < -0.39 is 6.10 Å². The summed E-state index contributed by atoms with van der Waals surface area (Å²) in [6.45, 7) is 2.72. The second-order valence-electron chi connectivity index (χ2n) is 5.57. The van der Waals surface area contributed by atoms with Crippen molar-refractivity contribution in [3.05, 3.63) is 33.8 Å². The fourth-order valence-electron chi connectivity index (χ4n) is 2.72. The Balaban J connectivity index is 2.09. The molecule has 2 amide bonds. The van der Waals surface area contributed by atoms with Crippen LogP contribution in [0, 0.1) is 5.92 Å². The Morgan fingerprint density at radius 3 is 2.77 bits per heavy atom. The van der Waals surface area contributed by atoms with Gasteiger partial charge in [0.25, 0.3) is 5.91 Å². The van der Waals surface area contributed by atoms with Crippen LogP contribution >= 0.6 is 15.9 Å². The van der Waals surface area contributed by atoms with E-state index in [4.69, 9.17) is 0 Å². The van der Waals surface area contributed by atoms with Gasteiger partial charge in [0.1, 0.15) is 0 Å². The lowest BCUT2D eigenvalue weighted by molar-refractivity contribution is -0.122. The van der Waals surface area contributed by atoms with Crippen molar-refractivity contribution in [1.82, 2.24) is 10.2 Å². The third kappa shape index (κ3) is 3.67. The highest BCUT2D eigenvalue weighted by molar-refractivity contribution is 9.10. The average molecular weight is 369 g/mol. The Hall–Kier alpha value is -1.40. The van der Waals surface area contributed by atoms with Crippen molar-refractivity contribution < 1.29 is 14.7 Å². The van der Waals surface area contributed by atoms with Gasteiger partial charge in [-0.15, -0.1) is 0 Å². The molecule has 0 aromatic heterocycles. The molecule has 6 heteroatoms. The standard InChI is InChI=1S/C16H21BrN2O3/c1-3-10-6-11(4-5-13(10)17)16(22)19-8-12(14(20)9-19)7-15(21)18-2/h4-6,12,14,20H,3,7-9H2,1-2H3,(H,18,21)/t12-,14-/m1/s1. The normalized spacial score (nSPS) is 21.0. The zero-order chi connectivity index (χ0) is 16.3. The molecule has 22 heavy (non-hydrogen) atoms. The second-order valence-corrected chi connectivity index (χ2v) is 6.43. The molecule has 0 aliphatic carbocycles. The van der Waals surface area contributed by atoms with E-state index in [1.165, 1.54) is 0 Å². The third-order valence-electron chi connectivity index (χ3n) is 4.09. The van der Waals surface area contributed by atoms with Gasteiger partial charge in [0.15, 0.2) is 0 Å². The Morgan fingerprint density at radius 1 is 1.41 bits per heavy atom. The zero-order valence-electron chi connectivity index (χ0n) is 12.8. The highest BCUT2D eigenvalue weighted by atomic mass is 79.9. The largest absolute Gasteiger partial charge is 0.391 e. The molecule has 1 aliphatic heterocycles. The van der Waals surface area contributed by atoms with Crippen LogP contribution in [0.4, 0.5) is 0 Å². The minimum Gasteiger partial charge on any atom is -0.391 e. The molecule has 0 bridgehead atoms. The number of benzene rings is 1. The summed E-state index contributed by atoms with van der Waals surface area (Å²) in [5, 5.41) is 12.6. The van der Waals surface area contributed by atoms with Gasteiger partial charge in [-0.2, -0.15) is 0 Å². The van der Waals surface area contributed by atoms with Crippen LogP contribution in [0.15, 0.2) is 22.7 Å². The number of carbonyl (C=O) groups excluding carboxylic acids is 2. The number of aliphatic hydroxyl groups excluding tert-OH is 1. The van der Waals surface area contributed by atoms with Crippen molar-refractivity contribution in [2.24, 2.45) is 5.92 Å². The molecule has 1 aliphatic rings. The SMILES string of the molecule is CCc1cc(C(=O)N2C[C@@H](CC(=O)NC)[C@H](O)C2)ccc1Br. The first-order chi connectivity index (χ1) is 10.5. The van der Waals surface area contributed by atoms with Crippen LogP contribution in [0.1, 0.15) is 29.3 Å². The van der Waals surface area contributed by atoms with Gasteiger partial charge in [-0.1, -0.05) is 22.9 Å². The summed E-state index contributed by atoms with van der Waals surface area (Å²) in [5.41, 5.74) is 1.69. The summed E-state index contributed by atoms with van der Waals surface area (Å²) in [6, 6.07) is 5.54. The molecular formula is C16H21BrN2O3. The average Bonchev–Trinajstić information content (AvgIpc) is 2.87. The minimum absolute atomic E-state index is 0.0966. The number of aliphatic hydroxyl groups is 1. The highest BCUT2D eigenvalue weighted by Gasteiger charge is 2.35. The summed E-state index contributed by atoms with van der Waals surface area (Å²) in [4.78, 5) is 25.6. The lowest BCUT2D eigenvalue weighted by atomic mass is 10.0. The number of nitrogens with one attached hydrogen (secondary N) is 1. The molecule has 0 spiro atoms. The molecule has 2 N–H and O–H groups in total. The summed E-state index contributed by atoms with van der Waals surface area (Å²) in [6.07, 6.45) is 0.424. The molecule has 120 valence electrons. The maximum Gasteiger partial charge on any atom is 0.253 e. The molecule has 0 radical (unpaired) electrons. The van der Waals surface area contributed by atoms with Crippen molar-refractivity contribution in [1.29, 1.82) is 0 Å². The number of aryl methyl sites for hydroxylation is 1. The smallest absolute Gasteiger partial charge is 0.253 e. The van der Waals surface area contributed by atoms with Gasteiger partial charge in [0, 0.05) is 42.5 Å². The zero-order valence-corrected chi connectivity index (χ0v) is 14.4. The van der Waals surface area contributed by atoms with E-state index in [1.54, 1.807) is 18.0 Å². The molecule has 1 fully saturated rings. The second kappa shape index (κ2) is 7.24. The number of hydrogen-bond donors (Lipinski definition) is 2. The van der Waals surface area contributed by atoms with Gasteiger partial charge >= 0.3 is 0 Å². The number of nitrogens with zero attached hydrogens (tertiary/aromatic N) is 1. The van der Waals surface area contributed by atoms with Crippen molar-refractivity contribution in [3.63, 3.8) is 0 Å². The highest BCUT2D eigenvalue weighted by Crippen LogP contribution is 2.24. The predicted molar refractivity (Wildman–Crippen MR) is 87.6 cm³/mol. The van der Waals surface area contributed by atoms with Gasteiger partial charge in [-0.25, -0.2) is 0 Å². The van der Waals surface area contributed by atoms with Gasteiger partial charge < -0.3 is 15.3 Å². The van der Waals surface area contributed by atoms with Crippen LogP contribution in [0.3, 0.4) is 0 Å². The monoisotopic (exact) mass is 368 g/mol. The van der Waals surface area contributed by atoms with E-state index >= 15 is 0 Å². The molecule has 2 atom stereocenters. The number of hydrogen-bond acceptors (Lipinski definition) is 3. The van der Waals surface area contributed by atoms with Crippen LogP contribution in [0.25, 0.3) is 0 Å². The topological polar surface area (TPSA) is 69.6 Å². The van der Waals surface area contributed by atoms with Crippen LogP contribution in [0.2, 0.25) is 0 Å². The predicted octanol–water partition coefficient (Wildman–Crippen LogP) is 1.58. The van der Waals surface area contributed by atoms with Crippen molar-refractivity contribution in [2.75, 3.05) is 20.1 Å². The Morgan fingerprint density at radius 2 is 2.14 bits per heavy atom. The van der Waals surface area contributed by atoms with E-state index in [2.05, 4.69) is 21.2 Å². The molecule has 0 unspecified atom stereocenters. The molecular weight excluding hydrogens is 348 g/mol. The van der Waals surface area contributed by atoms with Gasteiger partial charge in [0.2, 0.25) is 5.91 Å². The van der Waals surface area contributed by atoms with Crippen molar-refractivity contribution >= 4 is 27.7 Å². The van der Waals surface area contributed by atoms with Gasteiger partial charge in [-0.3, -0.25) is 9.59 Å². The fraction of sp³-hybridized carbons (Fsp3) is 0.500. The van der Waals surface area contributed by atoms with Gasteiger partial charge in [0.05, 0.1) is 6.10 Å². The van der Waals surface area contributed by atoms with Crippen LogP contribution in [-0.2, 0) is 11.2 Å². The maximum atomic E-state index is 12.6. The Labute approximate surface area is 138 Å². The molecule has 1 saturated heterocycles. The minimum atomic E-state index is -0.651. The number of β-amino-alcohol motifs (C(OH)–C–C–N with tert-alkyl or cyclic N) is 1. The van der Waals surface area contributed by atoms with E-state index in [0.717, 1.165) is 16.5 Å². The molecule has 0 saturated carbocycles. The first kappa shape index (κ1) is 17.0. The summed E-state index contributed by atoms with van der Waals surface area (Å²) in [5.74, 6) is -0.416. The van der Waals surface area contributed by atoms with E-state index in [-0.39, 0.29) is 30.7 Å². The molecule has 1 heterocycles. The lowest BCUT2D eigenvalue weighted by Crippen LogP contribution is -2.30. The first-order valence-electron chi connectivity index (χ1n) is 7.42. The fourth-order valence-corrected chi connectivity index (χ4v) is 3.25. The van der Waals surface area contributed by atoms with Crippen LogP contribution < -0.4 is 5.32 Å². The Bertz CT molecular complexity index is 577.